The van der Waals surface area contributed by atoms with Gasteiger partial charge in [-0.05, 0) is 28.7 Å². The second-order valence-corrected chi connectivity index (χ2v) is 4.33. The summed E-state index contributed by atoms with van der Waals surface area (Å²) in [6, 6.07) is 15.0. The van der Waals surface area contributed by atoms with Gasteiger partial charge in [-0.1, -0.05) is 49.4 Å². The molecule has 0 N–H and O–H groups in total. The van der Waals surface area contributed by atoms with E-state index in [0.717, 1.165) is 12.3 Å². The van der Waals surface area contributed by atoms with Crippen LogP contribution in [0.15, 0.2) is 42.5 Å². The number of hydrogen-bond acceptors (Lipinski definition) is 0. The van der Waals surface area contributed by atoms with Crippen LogP contribution >= 0.6 is 11.6 Å². The quantitative estimate of drug-likeness (QED) is 0.662. The maximum absolute atomic E-state index is 5.80. The van der Waals surface area contributed by atoms with Crippen LogP contribution in [0, 0.1) is 0 Å². The van der Waals surface area contributed by atoms with E-state index in [2.05, 4.69) is 49.4 Å². The van der Waals surface area contributed by atoms with Crippen LogP contribution in [-0.4, -0.2) is 5.88 Å². The van der Waals surface area contributed by atoms with Gasteiger partial charge in [0.15, 0.2) is 0 Å². The Morgan fingerprint density at radius 3 is 2.60 bits per heavy atom. The largest absolute Gasteiger partial charge is 0.127 e. The van der Waals surface area contributed by atoms with Crippen molar-refractivity contribution < 1.29 is 0 Å². The van der Waals surface area contributed by atoms with Crippen molar-refractivity contribution in [2.24, 2.45) is 0 Å². The SMILES string of the molecule is CC(CCCl)c1cccc2ccccc12. The lowest BCUT2D eigenvalue weighted by Gasteiger charge is -2.13. The van der Waals surface area contributed by atoms with E-state index in [0.29, 0.717) is 5.92 Å². The molecule has 1 heteroatoms. The van der Waals surface area contributed by atoms with Crippen LogP contribution in [0.3, 0.4) is 0 Å². The van der Waals surface area contributed by atoms with Crippen molar-refractivity contribution in [1.29, 1.82) is 0 Å². The molecule has 0 aliphatic carbocycles. The first kappa shape index (κ1) is 10.5. The molecule has 0 saturated carbocycles. The van der Waals surface area contributed by atoms with Gasteiger partial charge in [0.2, 0.25) is 0 Å². The lowest BCUT2D eigenvalue weighted by atomic mass is 9.93. The highest BCUT2D eigenvalue weighted by Gasteiger charge is 2.07. The molecule has 0 aromatic heterocycles. The monoisotopic (exact) mass is 218 g/mol. The van der Waals surface area contributed by atoms with E-state index in [9.17, 15) is 0 Å². The predicted molar refractivity (Wildman–Crippen MR) is 67.7 cm³/mol. The van der Waals surface area contributed by atoms with E-state index < -0.39 is 0 Å². The van der Waals surface area contributed by atoms with Gasteiger partial charge in [-0.25, -0.2) is 0 Å². The molecule has 1 unspecified atom stereocenters. The van der Waals surface area contributed by atoms with E-state index in [1.54, 1.807) is 0 Å². The molecule has 2 aromatic rings. The third-order valence-corrected chi connectivity index (χ3v) is 3.11. The standard InChI is InChI=1S/C14H15Cl/c1-11(9-10-15)13-8-4-6-12-5-2-3-7-14(12)13/h2-8,11H,9-10H2,1H3. The number of fused-ring (bicyclic) bond motifs is 1. The molecule has 0 aliphatic rings. The van der Waals surface area contributed by atoms with Crippen LogP contribution in [0.1, 0.15) is 24.8 Å². The first-order valence-corrected chi connectivity index (χ1v) is 5.90. The topological polar surface area (TPSA) is 0 Å². The molecule has 0 nitrogen and oxygen atoms in total. The molecule has 0 saturated heterocycles. The van der Waals surface area contributed by atoms with Crippen molar-refractivity contribution in [2.45, 2.75) is 19.3 Å². The summed E-state index contributed by atoms with van der Waals surface area (Å²) < 4.78 is 0. The summed E-state index contributed by atoms with van der Waals surface area (Å²) in [5, 5.41) is 2.68. The number of alkyl halides is 1. The summed E-state index contributed by atoms with van der Waals surface area (Å²) in [5.41, 5.74) is 1.41. The van der Waals surface area contributed by atoms with Gasteiger partial charge in [-0.15, -0.1) is 11.6 Å². The highest BCUT2D eigenvalue weighted by Crippen LogP contribution is 2.27. The molecular weight excluding hydrogens is 204 g/mol. The molecule has 0 aliphatic heterocycles. The fraction of sp³-hybridized carbons (Fsp3) is 0.286. The molecule has 78 valence electrons. The predicted octanol–water partition coefficient (Wildman–Crippen LogP) is 4.57. The van der Waals surface area contributed by atoms with Gasteiger partial charge in [-0.2, -0.15) is 0 Å². The van der Waals surface area contributed by atoms with Crippen molar-refractivity contribution in [1.82, 2.24) is 0 Å². The summed E-state index contributed by atoms with van der Waals surface area (Å²) in [7, 11) is 0. The molecule has 0 heterocycles. The summed E-state index contributed by atoms with van der Waals surface area (Å²) in [6.45, 7) is 2.24. The fourth-order valence-electron chi connectivity index (χ4n) is 2.00. The van der Waals surface area contributed by atoms with Gasteiger partial charge in [-0.3, -0.25) is 0 Å². The Labute approximate surface area is 95.9 Å². The molecule has 15 heavy (non-hydrogen) atoms. The molecule has 0 fully saturated rings. The first-order chi connectivity index (χ1) is 7.33. The highest BCUT2D eigenvalue weighted by molar-refractivity contribution is 6.17. The number of benzene rings is 2. The third-order valence-electron chi connectivity index (χ3n) is 2.90. The molecule has 0 radical (unpaired) electrons. The zero-order valence-corrected chi connectivity index (χ0v) is 9.67. The maximum atomic E-state index is 5.80. The number of halogens is 1. The van der Waals surface area contributed by atoms with Crippen molar-refractivity contribution in [2.75, 3.05) is 5.88 Å². The Balaban J connectivity index is 2.50. The van der Waals surface area contributed by atoms with E-state index >= 15 is 0 Å². The summed E-state index contributed by atoms with van der Waals surface area (Å²) in [5.74, 6) is 1.26. The van der Waals surface area contributed by atoms with Crippen molar-refractivity contribution >= 4 is 22.4 Å². The van der Waals surface area contributed by atoms with Gasteiger partial charge < -0.3 is 0 Å². The van der Waals surface area contributed by atoms with Crippen LogP contribution < -0.4 is 0 Å². The summed E-state index contributed by atoms with van der Waals surface area (Å²) in [4.78, 5) is 0. The van der Waals surface area contributed by atoms with E-state index in [-0.39, 0.29) is 0 Å². The van der Waals surface area contributed by atoms with E-state index in [1.807, 2.05) is 0 Å². The van der Waals surface area contributed by atoms with Gasteiger partial charge in [0.25, 0.3) is 0 Å². The molecular formula is C14H15Cl. The Morgan fingerprint density at radius 2 is 1.80 bits per heavy atom. The lowest BCUT2D eigenvalue weighted by molar-refractivity contribution is 0.744. The van der Waals surface area contributed by atoms with Crippen LogP contribution in [0.5, 0.6) is 0 Å². The van der Waals surface area contributed by atoms with Crippen LogP contribution in [0.2, 0.25) is 0 Å². The second kappa shape index (κ2) is 4.67. The fourth-order valence-corrected chi connectivity index (χ4v) is 2.33. The van der Waals surface area contributed by atoms with Crippen molar-refractivity contribution in [3.63, 3.8) is 0 Å². The van der Waals surface area contributed by atoms with E-state index in [4.69, 9.17) is 11.6 Å². The van der Waals surface area contributed by atoms with Crippen LogP contribution in [-0.2, 0) is 0 Å². The maximum Gasteiger partial charge on any atom is 0.0229 e. The highest BCUT2D eigenvalue weighted by atomic mass is 35.5. The molecule has 2 aromatic carbocycles. The van der Waals surface area contributed by atoms with Gasteiger partial charge >= 0.3 is 0 Å². The van der Waals surface area contributed by atoms with Gasteiger partial charge in [0, 0.05) is 5.88 Å². The van der Waals surface area contributed by atoms with E-state index in [1.165, 1.54) is 16.3 Å². The van der Waals surface area contributed by atoms with Crippen LogP contribution in [0.4, 0.5) is 0 Å². The number of rotatable bonds is 3. The molecule has 1 atom stereocenters. The minimum Gasteiger partial charge on any atom is -0.127 e. The Hall–Kier alpha value is -1.01. The third kappa shape index (κ3) is 2.15. The lowest BCUT2D eigenvalue weighted by Crippen LogP contribution is -1.95. The number of hydrogen-bond donors (Lipinski definition) is 0. The average Bonchev–Trinajstić information content (AvgIpc) is 2.28. The van der Waals surface area contributed by atoms with Gasteiger partial charge in [0.05, 0.1) is 0 Å². The smallest absolute Gasteiger partial charge is 0.0229 e. The normalized spacial score (nSPS) is 12.9. The second-order valence-electron chi connectivity index (χ2n) is 3.95. The summed E-state index contributed by atoms with van der Waals surface area (Å²) >= 11 is 5.80. The summed E-state index contributed by atoms with van der Waals surface area (Å²) in [6.07, 6.45) is 1.04. The Bertz CT molecular complexity index is 443. The zero-order chi connectivity index (χ0) is 10.7. The molecule has 0 spiro atoms. The average molecular weight is 219 g/mol. The molecule has 2 rings (SSSR count). The minimum atomic E-state index is 0.536. The van der Waals surface area contributed by atoms with Crippen molar-refractivity contribution in [3.8, 4) is 0 Å². The van der Waals surface area contributed by atoms with Crippen molar-refractivity contribution in [3.05, 3.63) is 48.0 Å². The molecule has 0 amide bonds. The van der Waals surface area contributed by atoms with Gasteiger partial charge in [0.1, 0.15) is 0 Å². The van der Waals surface area contributed by atoms with Crippen LogP contribution in [0.25, 0.3) is 10.8 Å². The first-order valence-electron chi connectivity index (χ1n) is 5.36. The minimum absolute atomic E-state index is 0.536. The molecule has 0 bridgehead atoms. The Kier molecular flexibility index (Phi) is 3.27. The Morgan fingerprint density at radius 1 is 1.07 bits per heavy atom. The zero-order valence-electron chi connectivity index (χ0n) is 8.91.